The van der Waals surface area contributed by atoms with Crippen molar-refractivity contribution in [3.8, 4) is 17.2 Å². The lowest BCUT2D eigenvalue weighted by Gasteiger charge is -2.14. The van der Waals surface area contributed by atoms with Gasteiger partial charge in [0, 0.05) is 18.5 Å². The zero-order valence-electron chi connectivity index (χ0n) is 16.7. The minimum atomic E-state index is 0.578. The van der Waals surface area contributed by atoms with Crippen LogP contribution in [0.15, 0.2) is 52.9 Å². The Kier molecular flexibility index (Phi) is 6.30. The maximum atomic E-state index is 5.89. The van der Waals surface area contributed by atoms with Gasteiger partial charge >= 0.3 is 0 Å². The minimum Gasteiger partial charge on any atom is -0.493 e. The SMILES string of the molecule is CCN(C)Cc1ccc(OCCc2nc(-c3ccc(C)cc3)oc2C)cc1. The molecule has 3 aromatic rings. The number of ether oxygens (including phenoxy) is 1. The Balaban J connectivity index is 1.55. The second kappa shape index (κ2) is 8.87. The van der Waals surface area contributed by atoms with E-state index in [-0.39, 0.29) is 0 Å². The monoisotopic (exact) mass is 364 g/mol. The first kappa shape index (κ1) is 19.2. The van der Waals surface area contributed by atoms with Crippen LogP contribution in [0.1, 0.15) is 29.5 Å². The normalized spacial score (nSPS) is 11.1. The van der Waals surface area contributed by atoms with E-state index in [1.807, 2.05) is 31.2 Å². The molecule has 0 bridgehead atoms. The predicted octanol–water partition coefficient (Wildman–Crippen LogP) is 5.03. The van der Waals surface area contributed by atoms with Gasteiger partial charge in [-0.15, -0.1) is 0 Å². The molecule has 0 saturated carbocycles. The van der Waals surface area contributed by atoms with Gasteiger partial charge in [-0.25, -0.2) is 4.98 Å². The summed E-state index contributed by atoms with van der Waals surface area (Å²) < 4.78 is 11.7. The molecule has 1 aromatic heterocycles. The third-order valence-electron chi connectivity index (χ3n) is 4.71. The molecule has 0 aliphatic rings. The molecule has 142 valence electrons. The first-order valence-electron chi connectivity index (χ1n) is 9.48. The van der Waals surface area contributed by atoms with E-state index in [4.69, 9.17) is 9.15 Å². The van der Waals surface area contributed by atoms with Crippen LogP contribution in [-0.2, 0) is 13.0 Å². The number of rotatable bonds is 8. The highest BCUT2D eigenvalue weighted by molar-refractivity contribution is 5.54. The first-order valence-corrected chi connectivity index (χ1v) is 9.48. The van der Waals surface area contributed by atoms with Crippen molar-refractivity contribution < 1.29 is 9.15 Å². The summed E-state index contributed by atoms with van der Waals surface area (Å²) in [5, 5.41) is 0. The van der Waals surface area contributed by atoms with Crippen LogP contribution < -0.4 is 4.74 Å². The topological polar surface area (TPSA) is 38.5 Å². The molecule has 27 heavy (non-hydrogen) atoms. The van der Waals surface area contributed by atoms with Crippen molar-refractivity contribution in [1.82, 2.24) is 9.88 Å². The van der Waals surface area contributed by atoms with Gasteiger partial charge in [-0.1, -0.05) is 36.8 Å². The molecule has 0 amide bonds. The van der Waals surface area contributed by atoms with E-state index in [2.05, 4.69) is 55.0 Å². The molecule has 4 heteroatoms. The summed E-state index contributed by atoms with van der Waals surface area (Å²) in [6, 6.07) is 16.5. The fraction of sp³-hybridized carbons (Fsp3) is 0.348. The number of aromatic nitrogens is 1. The summed E-state index contributed by atoms with van der Waals surface area (Å²) in [6.45, 7) is 8.76. The van der Waals surface area contributed by atoms with Crippen molar-refractivity contribution in [2.24, 2.45) is 0 Å². The highest BCUT2D eigenvalue weighted by atomic mass is 16.5. The number of hydrogen-bond donors (Lipinski definition) is 0. The second-order valence-corrected chi connectivity index (χ2v) is 6.96. The molecule has 2 aromatic carbocycles. The Morgan fingerprint density at radius 2 is 1.70 bits per heavy atom. The third-order valence-corrected chi connectivity index (χ3v) is 4.71. The smallest absolute Gasteiger partial charge is 0.226 e. The Morgan fingerprint density at radius 1 is 1.00 bits per heavy atom. The van der Waals surface area contributed by atoms with Gasteiger partial charge in [-0.05, 0) is 57.3 Å². The van der Waals surface area contributed by atoms with Crippen molar-refractivity contribution in [2.45, 2.75) is 33.7 Å². The summed E-state index contributed by atoms with van der Waals surface area (Å²) in [7, 11) is 2.12. The number of oxazole rings is 1. The highest BCUT2D eigenvalue weighted by Crippen LogP contribution is 2.22. The molecule has 0 radical (unpaired) electrons. The largest absolute Gasteiger partial charge is 0.493 e. The lowest BCUT2D eigenvalue weighted by molar-refractivity contribution is 0.319. The van der Waals surface area contributed by atoms with Gasteiger partial charge in [-0.2, -0.15) is 0 Å². The average Bonchev–Trinajstić information content (AvgIpc) is 3.04. The number of hydrogen-bond acceptors (Lipinski definition) is 4. The molecule has 0 spiro atoms. The van der Waals surface area contributed by atoms with E-state index in [9.17, 15) is 0 Å². The molecule has 0 saturated heterocycles. The Morgan fingerprint density at radius 3 is 2.37 bits per heavy atom. The number of benzene rings is 2. The van der Waals surface area contributed by atoms with Gasteiger partial charge in [0.15, 0.2) is 0 Å². The van der Waals surface area contributed by atoms with Crippen LogP contribution in [-0.4, -0.2) is 30.1 Å². The van der Waals surface area contributed by atoms with Crippen LogP contribution in [0.3, 0.4) is 0 Å². The molecule has 0 aliphatic heterocycles. The van der Waals surface area contributed by atoms with E-state index >= 15 is 0 Å². The average molecular weight is 364 g/mol. The van der Waals surface area contributed by atoms with Crippen LogP contribution >= 0.6 is 0 Å². The first-order chi connectivity index (χ1) is 13.0. The van der Waals surface area contributed by atoms with Gasteiger partial charge < -0.3 is 14.1 Å². The van der Waals surface area contributed by atoms with Crippen molar-refractivity contribution in [3.63, 3.8) is 0 Å². The molecule has 3 rings (SSSR count). The molecule has 4 nitrogen and oxygen atoms in total. The number of nitrogens with zero attached hydrogens (tertiary/aromatic N) is 2. The lowest BCUT2D eigenvalue weighted by Crippen LogP contribution is -2.16. The van der Waals surface area contributed by atoms with Crippen LogP contribution in [0, 0.1) is 13.8 Å². The third kappa shape index (κ3) is 5.20. The summed E-state index contributed by atoms with van der Waals surface area (Å²) in [5.41, 5.74) is 4.47. The summed E-state index contributed by atoms with van der Waals surface area (Å²) in [6.07, 6.45) is 0.724. The predicted molar refractivity (Wildman–Crippen MR) is 109 cm³/mol. The fourth-order valence-electron chi connectivity index (χ4n) is 2.86. The summed E-state index contributed by atoms with van der Waals surface area (Å²) >= 11 is 0. The zero-order valence-corrected chi connectivity index (χ0v) is 16.7. The minimum absolute atomic E-state index is 0.578. The van der Waals surface area contributed by atoms with Crippen LogP contribution in [0.25, 0.3) is 11.5 Å². The highest BCUT2D eigenvalue weighted by Gasteiger charge is 2.11. The van der Waals surface area contributed by atoms with Gasteiger partial charge in [0.05, 0.1) is 12.3 Å². The molecule has 0 fully saturated rings. The maximum Gasteiger partial charge on any atom is 0.226 e. The molecular weight excluding hydrogens is 336 g/mol. The zero-order chi connectivity index (χ0) is 19.2. The van der Waals surface area contributed by atoms with Crippen molar-refractivity contribution >= 4 is 0 Å². The summed E-state index contributed by atoms with van der Waals surface area (Å²) in [4.78, 5) is 6.92. The van der Waals surface area contributed by atoms with Crippen LogP contribution in [0.5, 0.6) is 5.75 Å². The van der Waals surface area contributed by atoms with Gasteiger partial charge in [0.2, 0.25) is 5.89 Å². The van der Waals surface area contributed by atoms with E-state index in [0.717, 1.165) is 42.3 Å². The van der Waals surface area contributed by atoms with E-state index < -0.39 is 0 Å². The fourth-order valence-corrected chi connectivity index (χ4v) is 2.86. The molecule has 1 heterocycles. The van der Waals surface area contributed by atoms with E-state index in [1.54, 1.807) is 0 Å². The van der Waals surface area contributed by atoms with Gasteiger partial charge in [0.1, 0.15) is 11.5 Å². The standard InChI is InChI=1S/C23H28N2O2/c1-5-25(4)16-19-8-12-21(13-9-19)26-15-14-22-18(3)27-23(24-22)20-10-6-17(2)7-11-20/h6-13H,5,14-16H2,1-4H3. The lowest BCUT2D eigenvalue weighted by atomic mass is 10.1. The Bertz CT molecular complexity index is 851. The quantitative estimate of drug-likeness (QED) is 0.562. The second-order valence-electron chi connectivity index (χ2n) is 6.96. The van der Waals surface area contributed by atoms with Gasteiger partial charge in [-0.3, -0.25) is 0 Å². The molecular formula is C23H28N2O2. The summed E-state index contributed by atoms with van der Waals surface area (Å²) in [5.74, 6) is 2.41. The van der Waals surface area contributed by atoms with E-state index in [0.29, 0.717) is 12.5 Å². The maximum absolute atomic E-state index is 5.89. The van der Waals surface area contributed by atoms with Crippen molar-refractivity contribution in [3.05, 3.63) is 71.1 Å². The molecule has 0 aliphatic carbocycles. The Labute approximate surface area is 161 Å². The van der Waals surface area contributed by atoms with Crippen LogP contribution in [0.2, 0.25) is 0 Å². The molecule has 0 atom stereocenters. The molecule has 0 N–H and O–H groups in total. The van der Waals surface area contributed by atoms with E-state index in [1.165, 1.54) is 11.1 Å². The number of aryl methyl sites for hydroxylation is 2. The van der Waals surface area contributed by atoms with Crippen molar-refractivity contribution in [2.75, 3.05) is 20.2 Å². The van der Waals surface area contributed by atoms with Gasteiger partial charge in [0.25, 0.3) is 0 Å². The molecule has 0 unspecified atom stereocenters. The van der Waals surface area contributed by atoms with Crippen molar-refractivity contribution in [1.29, 1.82) is 0 Å². The Hall–Kier alpha value is -2.59. The van der Waals surface area contributed by atoms with Crippen LogP contribution in [0.4, 0.5) is 0 Å².